The van der Waals surface area contributed by atoms with Crippen molar-refractivity contribution in [1.82, 2.24) is 14.9 Å². The Morgan fingerprint density at radius 1 is 1.11 bits per heavy atom. The number of halogens is 3. The lowest BCUT2D eigenvalue weighted by Gasteiger charge is -2.36. The number of nitrogens with zero attached hydrogens (tertiary/aromatic N) is 5. The van der Waals surface area contributed by atoms with Crippen LogP contribution in [0.5, 0.6) is 0 Å². The monoisotopic (exact) mass is 429 g/mol. The predicted molar refractivity (Wildman–Crippen MR) is 110 cm³/mol. The highest BCUT2D eigenvalue weighted by molar-refractivity contribution is 8.15. The maximum absolute atomic E-state index is 13.1. The Morgan fingerprint density at radius 2 is 1.79 bits per heavy atom. The summed E-state index contributed by atoms with van der Waals surface area (Å²) in [6.45, 7) is 9.56. The molecule has 2 aliphatic rings. The van der Waals surface area contributed by atoms with Crippen molar-refractivity contribution < 1.29 is 13.2 Å². The number of piperazine rings is 1. The third-order valence-corrected chi connectivity index (χ3v) is 7.53. The number of thiophene rings is 1. The zero-order chi connectivity index (χ0) is 20.1. The molecule has 0 saturated carbocycles. The van der Waals surface area contributed by atoms with Gasteiger partial charge in [-0.3, -0.25) is 4.99 Å². The SMILES string of the molecule is C[C@@H](c1cc2c(N3CCN(C4=NCC(C)(C)S4)CC3)ncnc2s1)C(F)(F)F. The van der Waals surface area contributed by atoms with Crippen molar-refractivity contribution in [3.05, 3.63) is 17.3 Å². The quantitative estimate of drug-likeness (QED) is 0.710. The molecule has 4 heterocycles. The Morgan fingerprint density at radius 3 is 2.39 bits per heavy atom. The van der Waals surface area contributed by atoms with Gasteiger partial charge in [-0.15, -0.1) is 11.3 Å². The van der Waals surface area contributed by atoms with Crippen LogP contribution in [0.3, 0.4) is 0 Å². The van der Waals surface area contributed by atoms with Crippen molar-refractivity contribution in [2.45, 2.75) is 37.6 Å². The Hall–Kier alpha value is -1.55. The van der Waals surface area contributed by atoms with Crippen molar-refractivity contribution in [2.75, 3.05) is 37.6 Å². The molecule has 2 aromatic heterocycles. The molecule has 0 aliphatic carbocycles. The average Bonchev–Trinajstić information content (AvgIpc) is 3.23. The summed E-state index contributed by atoms with van der Waals surface area (Å²) < 4.78 is 39.5. The van der Waals surface area contributed by atoms with E-state index >= 15 is 0 Å². The Bertz CT molecular complexity index is 900. The van der Waals surface area contributed by atoms with Crippen LogP contribution < -0.4 is 4.90 Å². The van der Waals surface area contributed by atoms with Crippen LogP contribution >= 0.6 is 23.1 Å². The Labute approximate surface area is 170 Å². The molecular formula is C18H22F3N5S2. The van der Waals surface area contributed by atoms with Gasteiger partial charge in [0.1, 0.15) is 17.0 Å². The van der Waals surface area contributed by atoms with E-state index in [1.165, 1.54) is 13.3 Å². The standard InChI is InChI=1S/C18H22F3N5S2/c1-11(18(19,20)21)13-8-12-14(23-10-24-15(12)27-13)25-4-6-26(7-5-25)16-22-9-17(2,3)28-16/h8,10-11H,4-7,9H2,1-3H3/t11-/m0/s1. The van der Waals surface area contributed by atoms with Gasteiger partial charge in [-0.05, 0) is 26.8 Å². The maximum Gasteiger partial charge on any atom is 0.396 e. The minimum Gasteiger partial charge on any atom is -0.352 e. The molecule has 4 rings (SSSR count). The second-order valence-electron chi connectivity index (χ2n) is 7.76. The van der Waals surface area contributed by atoms with E-state index in [9.17, 15) is 13.2 Å². The molecule has 0 amide bonds. The molecule has 2 aliphatic heterocycles. The van der Waals surface area contributed by atoms with Gasteiger partial charge in [0.05, 0.1) is 17.8 Å². The highest BCUT2D eigenvalue weighted by atomic mass is 32.2. The molecule has 1 saturated heterocycles. The van der Waals surface area contributed by atoms with Crippen LogP contribution in [0.4, 0.5) is 19.0 Å². The van der Waals surface area contributed by atoms with Crippen molar-refractivity contribution in [3.63, 3.8) is 0 Å². The van der Waals surface area contributed by atoms with E-state index in [1.807, 2.05) is 11.8 Å². The first kappa shape index (κ1) is 19.8. The van der Waals surface area contributed by atoms with Crippen LogP contribution in [0, 0.1) is 0 Å². The van der Waals surface area contributed by atoms with Gasteiger partial charge in [-0.2, -0.15) is 13.2 Å². The van der Waals surface area contributed by atoms with E-state index in [0.717, 1.165) is 55.0 Å². The molecule has 10 heteroatoms. The maximum atomic E-state index is 13.1. The molecule has 152 valence electrons. The molecule has 1 fully saturated rings. The van der Waals surface area contributed by atoms with E-state index in [4.69, 9.17) is 0 Å². The summed E-state index contributed by atoms with van der Waals surface area (Å²) in [6, 6.07) is 1.61. The number of rotatable bonds is 2. The molecule has 5 nitrogen and oxygen atoms in total. The minimum absolute atomic E-state index is 0.146. The molecule has 0 radical (unpaired) electrons. The lowest BCUT2D eigenvalue weighted by Crippen LogP contribution is -2.48. The topological polar surface area (TPSA) is 44.6 Å². The van der Waals surface area contributed by atoms with E-state index in [2.05, 4.69) is 38.6 Å². The fourth-order valence-corrected chi connectivity index (χ4v) is 5.47. The molecular weight excluding hydrogens is 407 g/mol. The summed E-state index contributed by atoms with van der Waals surface area (Å²) in [5.74, 6) is -0.778. The number of aliphatic imine (C=N–C) groups is 1. The van der Waals surface area contributed by atoms with Gasteiger partial charge in [0.15, 0.2) is 5.17 Å². The average molecular weight is 430 g/mol. The molecule has 1 atom stereocenters. The Kier molecular flexibility index (Phi) is 4.97. The number of amidine groups is 1. The number of hydrogen-bond donors (Lipinski definition) is 0. The van der Waals surface area contributed by atoms with Gasteiger partial charge < -0.3 is 9.80 Å². The van der Waals surface area contributed by atoms with Crippen LogP contribution in [-0.2, 0) is 0 Å². The lowest BCUT2D eigenvalue weighted by atomic mass is 10.1. The molecule has 0 N–H and O–H groups in total. The first-order valence-corrected chi connectivity index (χ1v) is 10.8. The predicted octanol–water partition coefficient (Wildman–Crippen LogP) is 4.36. The number of fused-ring (bicyclic) bond motifs is 1. The van der Waals surface area contributed by atoms with Crippen LogP contribution in [0.15, 0.2) is 17.4 Å². The van der Waals surface area contributed by atoms with Crippen LogP contribution in [0.1, 0.15) is 31.6 Å². The third kappa shape index (κ3) is 3.80. The molecule has 0 spiro atoms. The van der Waals surface area contributed by atoms with Crippen LogP contribution in [0.2, 0.25) is 0 Å². The number of anilines is 1. The zero-order valence-electron chi connectivity index (χ0n) is 16.0. The first-order valence-electron chi connectivity index (χ1n) is 9.18. The molecule has 0 bridgehead atoms. The zero-order valence-corrected chi connectivity index (χ0v) is 17.6. The lowest BCUT2D eigenvalue weighted by molar-refractivity contribution is -0.145. The number of aromatic nitrogens is 2. The second kappa shape index (κ2) is 7.05. The van der Waals surface area contributed by atoms with Gasteiger partial charge in [-0.1, -0.05) is 11.8 Å². The number of thioether (sulfide) groups is 1. The molecule has 28 heavy (non-hydrogen) atoms. The van der Waals surface area contributed by atoms with E-state index in [-0.39, 0.29) is 9.62 Å². The summed E-state index contributed by atoms with van der Waals surface area (Å²) in [6.07, 6.45) is -2.81. The fraction of sp³-hybridized carbons (Fsp3) is 0.611. The summed E-state index contributed by atoms with van der Waals surface area (Å²) in [7, 11) is 0. The molecule has 0 unspecified atom stereocenters. The Balaban J connectivity index is 1.52. The van der Waals surface area contributed by atoms with E-state index in [1.54, 1.807) is 6.07 Å². The van der Waals surface area contributed by atoms with E-state index in [0.29, 0.717) is 10.2 Å². The van der Waals surface area contributed by atoms with Crippen molar-refractivity contribution in [1.29, 1.82) is 0 Å². The third-order valence-electron chi connectivity index (χ3n) is 5.06. The van der Waals surface area contributed by atoms with Crippen molar-refractivity contribution in [3.8, 4) is 0 Å². The smallest absolute Gasteiger partial charge is 0.352 e. The van der Waals surface area contributed by atoms with Gasteiger partial charge in [-0.25, -0.2) is 9.97 Å². The highest BCUT2D eigenvalue weighted by Gasteiger charge is 2.38. The van der Waals surface area contributed by atoms with Crippen molar-refractivity contribution in [2.24, 2.45) is 4.99 Å². The largest absolute Gasteiger partial charge is 0.396 e. The highest BCUT2D eigenvalue weighted by Crippen LogP contribution is 2.41. The summed E-state index contributed by atoms with van der Waals surface area (Å²) >= 11 is 2.91. The van der Waals surface area contributed by atoms with Gasteiger partial charge in [0, 0.05) is 35.8 Å². The van der Waals surface area contributed by atoms with E-state index < -0.39 is 12.1 Å². The van der Waals surface area contributed by atoms with Crippen LogP contribution in [-0.4, -0.2) is 63.7 Å². The summed E-state index contributed by atoms with van der Waals surface area (Å²) in [5.41, 5.74) is 0. The molecule has 2 aromatic rings. The van der Waals surface area contributed by atoms with Crippen LogP contribution in [0.25, 0.3) is 10.2 Å². The fourth-order valence-electron chi connectivity index (χ4n) is 3.33. The molecule has 0 aromatic carbocycles. The van der Waals surface area contributed by atoms with Gasteiger partial charge in [0.2, 0.25) is 0 Å². The summed E-state index contributed by atoms with van der Waals surface area (Å²) in [4.78, 5) is 18.6. The minimum atomic E-state index is -4.26. The second-order valence-corrected chi connectivity index (χ2v) is 10.5. The van der Waals surface area contributed by atoms with Gasteiger partial charge in [0.25, 0.3) is 0 Å². The number of alkyl halides is 3. The summed E-state index contributed by atoms with van der Waals surface area (Å²) in [5, 5.41) is 1.80. The number of hydrogen-bond acceptors (Lipinski definition) is 7. The van der Waals surface area contributed by atoms with Gasteiger partial charge >= 0.3 is 6.18 Å². The normalized spacial score (nSPS) is 21.3. The first-order chi connectivity index (χ1) is 13.1. The van der Waals surface area contributed by atoms with Crippen molar-refractivity contribution >= 4 is 44.3 Å².